The highest BCUT2D eigenvalue weighted by atomic mass is 35.5. The molecule has 206 valence electrons. The van der Waals surface area contributed by atoms with Crippen LogP contribution in [0.2, 0.25) is 5.02 Å². The first-order valence-electron chi connectivity index (χ1n) is 12.2. The van der Waals surface area contributed by atoms with Crippen LogP contribution < -0.4 is 9.62 Å². The van der Waals surface area contributed by atoms with Crippen molar-refractivity contribution in [2.75, 3.05) is 17.4 Å². The van der Waals surface area contributed by atoms with Gasteiger partial charge >= 0.3 is 0 Å². The molecule has 0 radical (unpaired) electrons. The number of non-ortho nitro benzene ring substituents is 1. The van der Waals surface area contributed by atoms with Crippen molar-refractivity contribution in [2.45, 2.75) is 37.8 Å². The number of anilines is 1. The quantitative estimate of drug-likeness (QED) is 0.253. The smallest absolute Gasteiger partial charge is 0.271 e. The summed E-state index contributed by atoms with van der Waals surface area (Å²) in [7, 11) is -4.33. The van der Waals surface area contributed by atoms with Crippen molar-refractivity contribution in [1.82, 2.24) is 10.2 Å². The van der Waals surface area contributed by atoms with Crippen LogP contribution in [0.3, 0.4) is 0 Å². The van der Waals surface area contributed by atoms with Crippen LogP contribution in [0, 0.1) is 10.1 Å². The highest BCUT2D eigenvalue weighted by molar-refractivity contribution is 7.92. The first-order chi connectivity index (χ1) is 18.6. The van der Waals surface area contributed by atoms with E-state index in [0.29, 0.717) is 23.6 Å². The van der Waals surface area contributed by atoms with E-state index in [1.165, 1.54) is 47.4 Å². The second kappa shape index (κ2) is 13.2. The summed E-state index contributed by atoms with van der Waals surface area (Å²) < 4.78 is 28.2. The number of carbonyl (C=O) groups is 2. The van der Waals surface area contributed by atoms with E-state index in [0.717, 1.165) is 10.4 Å². The molecular weight excluding hydrogens is 544 g/mol. The molecule has 12 heteroatoms. The number of nitrogens with one attached hydrogen (secondary N) is 1. The maximum atomic E-state index is 13.8. The number of benzene rings is 3. The first-order valence-corrected chi connectivity index (χ1v) is 14.0. The summed E-state index contributed by atoms with van der Waals surface area (Å²) in [5, 5.41) is 14.6. The molecule has 3 rings (SSSR count). The Labute approximate surface area is 232 Å². The van der Waals surface area contributed by atoms with Gasteiger partial charge in [-0.3, -0.25) is 24.0 Å². The van der Waals surface area contributed by atoms with Gasteiger partial charge in [-0.25, -0.2) is 8.42 Å². The van der Waals surface area contributed by atoms with Crippen molar-refractivity contribution >= 4 is 44.8 Å². The second-order valence-electron chi connectivity index (χ2n) is 8.68. The van der Waals surface area contributed by atoms with Crippen LogP contribution in [-0.4, -0.2) is 49.2 Å². The van der Waals surface area contributed by atoms with Crippen molar-refractivity contribution in [3.63, 3.8) is 0 Å². The van der Waals surface area contributed by atoms with Gasteiger partial charge in [0.25, 0.3) is 15.7 Å². The molecule has 0 heterocycles. The van der Waals surface area contributed by atoms with Crippen LogP contribution in [0.1, 0.15) is 25.8 Å². The Morgan fingerprint density at radius 3 is 2.33 bits per heavy atom. The van der Waals surface area contributed by atoms with E-state index in [1.807, 2.05) is 6.92 Å². The lowest BCUT2D eigenvalue weighted by molar-refractivity contribution is -0.384. The standard InChI is InChI=1S/C27H29ClN4O6S/c1-3-16-29-27(34)20(2)30(18-21-10-7-8-15-25(21)28)26(33)19-31(22-11-9-12-23(17-22)32(35)36)39(37,38)24-13-5-4-6-14-24/h4-15,17,20H,3,16,18-19H2,1-2H3,(H,29,34). The summed E-state index contributed by atoms with van der Waals surface area (Å²) in [5.41, 5.74) is 0.158. The maximum Gasteiger partial charge on any atom is 0.271 e. The molecule has 3 aromatic rings. The van der Waals surface area contributed by atoms with Gasteiger partial charge in [-0.2, -0.15) is 0 Å². The summed E-state index contributed by atoms with van der Waals surface area (Å²) in [6, 6.07) is 18.3. The van der Waals surface area contributed by atoms with Gasteiger partial charge in [0.05, 0.1) is 15.5 Å². The second-order valence-corrected chi connectivity index (χ2v) is 11.0. The third-order valence-corrected chi connectivity index (χ3v) is 8.11. The minimum Gasteiger partial charge on any atom is -0.354 e. The molecule has 10 nitrogen and oxygen atoms in total. The molecule has 0 aromatic heterocycles. The molecule has 39 heavy (non-hydrogen) atoms. The average molecular weight is 573 g/mol. The predicted octanol–water partition coefficient (Wildman–Crippen LogP) is 4.39. The number of rotatable bonds is 12. The van der Waals surface area contributed by atoms with Crippen LogP contribution in [0.15, 0.2) is 83.8 Å². The zero-order chi connectivity index (χ0) is 28.6. The van der Waals surface area contributed by atoms with Crippen molar-refractivity contribution in [1.29, 1.82) is 0 Å². The molecule has 1 N–H and O–H groups in total. The zero-order valence-electron chi connectivity index (χ0n) is 21.5. The minimum atomic E-state index is -4.33. The summed E-state index contributed by atoms with van der Waals surface area (Å²) in [6.45, 7) is 3.06. The number of nitro groups is 1. The number of hydrogen-bond acceptors (Lipinski definition) is 6. The molecular formula is C27H29ClN4O6S. The lowest BCUT2D eigenvalue weighted by Crippen LogP contribution is -2.51. The van der Waals surface area contributed by atoms with E-state index in [2.05, 4.69) is 5.32 Å². The summed E-state index contributed by atoms with van der Waals surface area (Å²) >= 11 is 6.33. The van der Waals surface area contributed by atoms with Gasteiger partial charge in [0, 0.05) is 30.2 Å². The SMILES string of the molecule is CCCNC(=O)C(C)N(Cc1ccccc1Cl)C(=O)CN(c1cccc([N+](=O)[O-])c1)S(=O)(=O)c1ccccc1. The summed E-state index contributed by atoms with van der Waals surface area (Å²) in [6.07, 6.45) is 0.687. The Kier molecular flexibility index (Phi) is 10.0. The average Bonchev–Trinajstić information content (AvgIpc) is 2.94. The fourth-order valence-corrected chi connectivity index (χ4v) is 5.42. The highest BCUT2D eigenvalue weighted by Gasteiger charge is 2.33. The predicted molar refractivity (Wildman–Crippen MR) is 149 cm³/mol. The normalized spacial score (nSPS) is 11.9. The molecule has 1 atom stereocenters. The molecule has 0 spiro atoms. The fraction of sp³-hybridized carbons (Fsp3) is 0.259. The van der Waals surface area contributed by atoms with Gasteiger partial charge in [-0.1, -0.05) is 61.0 Å². The number of halogens is 1. The maximum absolute atomic E-state index is 13.8. The zero-order valence-corrected chi connectivity index (χ0v) is 23.1. The third kappa shape index (κ3) is 7.33. The monoisotopic (exact) mass is 572 g/mol. The lowest BCUT2D eigenvalue weighted by atomic mass is 10.1. The number of carbonyl (C=O) groups excluding carboxylic acids is 2. The number of nitrogens with zero attached hydrogens (tertiary/aromatic N) is 3. The highest BCUT2D eigenvalue weighted by Crippen LogP contribution is 2.28. The van der Waals surface area contributed by atoms with E-state index in [-0.39, 0.29) is 22.8 Å². The Balaban J connectivity index is 2.06. The van der Waals surface area contributed by atoms with Gasteiger partial charge in [-0.05, 0) is 43.2 Å². The fourth-order valence-electron chi connectivity index (χ4n) is 3.80. The Hall–Kier alpha value is -3.96. The van der Waals surface area contributed by atoms with E-state index < -0.39 is 39.3 Å². The van der Waals surface area contributed by atoms with E-state index in [9.17, 15) is 28.1 Å². The Morgan fingerprint density at radius 1 is 1.03 bits per heavy atom. The van der Waals surface area contributed by atoms with Gasteiger partial charge < -0.3 is 10.2 Å². The minimum absolute atomic E-state index is 0.0621. The topological polar surface area (TPSA) is 130 Å². The van der Waals surface area contributed by atoms with Crippen molar-refractivity contribution in [2.24, 2.45) is 0 Å². The number of hydrogen-bond donors (Lipinski definition) is 1. The summed E-state index contributed by atoms with van der Waals surface area (Å²) in [4.78, 5) is 38.6. The Bertz CT molecular complexity index is 1430. The van der Waals surface area contributed by atoms with E-state index in [4.69, 9.17) is 11.6 Å². The molecule has 2 amide bonds. The van der Waals surface area contributed by atoms with E-state index >= 15 is 0 Å². The largest absolute Gasteiger partial charge is 0.354 e. The third-order valence-electron chi connectivity index (χ3n) is 5.95. The van der Waals surface area contributed by atoms with Crippen molar-refractivity contribution in [3.05, 3.63) is 99.6 Å². The van der Waals surface area contributed by atoms with Crippen LogP contribution in [-0.2, 0) is 26.2 Å². The molecule has 1 unspecified atom stereocenters. The molecule has 0 aliphatic rings. The summed E-state index contributed by atoms with van der Waals surface area (Å²) in [5.74, 6) is -1.11. The van der Waals surface area contributed by atoms with Crippen LogP contribution in [0.25, 0.3) is 0 Å². The van der Waals surface area contributed by atoms with Gasteiger partial charge in [0.2, 0.25) is 11.8 Å². The number of sulfonamides is 1. The van der Waals surface area contributed by atoms with Crippen molar-refractivity contribution < 1.29 is 22.9 Å². The molecule has 0 fully saturated rings. The van der Waals surface area contributed by atoms with Gasteiger partial charge in [0.15, 0.2) is 0 Å². The molecule has 0 aliphatic heterocycles. The number of amides is 2. The molecule has 0 saturated heterocycles. The van der Waals surface area contributed by atoms with Crippen LogP contribution in [0.4, 0.5) is 11.4 Å². The van der Waals surface area contributed by atoms with Gasteiger partial charge in [0.1, 0.15) is 12.6 Å². The molecule has 0 saturated carbocycles. The van der Waals surface area contributed by atoms with Gasteiger partial charge in [-0.15, -0.1) is 0 Å². The van der Waals surface area contributed by atoms with Crippen LogP contribution >= 0.6 is 11.6 Å². The lowest BCUT2D eigenvalue weighted by Gasteiger charge is -2.32. The van der Waals surface area contributed by atoms with Crippen LogP contribution in [0.5, 0.6) is 0 Å². The molecule has 0 aliphatic carbocycles. The first kappa shape index (κ1) is 29.6. The van der Waals surface area contributed by atoms with E-state index in [1.54, 1.807) is 37.3 Å². The number of nitro benzene ring substituents is 1. The Morgan fingerprint density at radius 2 is 1.69 bits per heavy atom. The van der Waals surface area contributed by atoms with Crippen molar-refractivity contribution in [3.8, 4) is 0 Å². The molecule has 0 bridgehead atoms. The molecule has 3 aromatic carbocycles.